The molecule has 0 atom stereocenters. The first-order valence-corrected chi connectivity index (χ1v) is 7.98. The van der Waals surface area contributed by atoms with Crippen LogP contribution in [0.2, 0.25) is 10.0 Å². The van der Waals surface area contributed by atoms with E-state index in [9.17, 15) is 9.59 Å². The summed E-state index contributed by atoms with van der Waals surface area (Å²) in [5.41, 5.74) is 7.92. The predicted molar refractivity (Wildman–Crippen MR) is 96.5 cm³/mol. The van der Waals surface area contributed by atoms with E-state index in [1.54, 1.807) is 6.07 Å². The van der Waals surface area contributed by atoms with Crippen molar-refractivity contribution in [2.75, 3.05) is 11.9 Å². The van der Waals surface area contributed by atoms with E-state index in [0.717, 1.165) is 16.8 Å². The van der Waals surface area contributed by atoms with Crippen LogP contribution in [0.4, 0.5) is 5.69 Å². The van der Waals surface area contributed by atoms with Crippen LogP contribution in [-0.2, 0) is 4.79 Å². The van der Waals surface area contributed by atoms with Crippen LogP contribution in [-0.4, -0.2) is 18.4 Å². The molecule has 0 spiro atoms. The molecule has 0 aliphatic rings. The molecule has 0 saturated heterocycles. The summed E-state index contributed by atoms with van der Waals surface area (Å²) < 4.78 is 0. The van der Waals surface area contributed by atoms with Crippen LogP contribution in [0.3, 0.4) is 0 Å². The molecule has 2 amide bonds. The van der Waals surface area contributed by atoms with Crippen molar-refractivity contribution in [3.8, 4) is 0 Å². The maximum absolute atomic E-state index is 12.0. The van der Waals surface area contributed by atoms with Crippen molar-refractivity contribution in [1.29, 1.82) is 0 Å². The number of aryl methyl sites for hydroxylation is 2. The molecule has 0 radical (unpaired) electrons. The Balaban J connectivity index is 1.85. The number of rotatable bonds is 4. The Hall–Kier alpha value is -2.24. The molecule has 0 heterocycles. The van der Waals surface area contributed by atoms with Gasteiger partial charge in [-0.2, -0.15) is 0 Å². The minimum absolute atomic E-state index is 0.0263. The molecule has 0 saturated carbocycles. The molecule has 24 heavy (non-hydrogen) atoms. The first-order valence-electron chi connectivity index (χ1n) is 7.22. The summed E-state index contributed by atoms with van der Waals surface area (Å²) in [6, 6.07) is 10.4. The minimum Gasteiger partial charge on any atom is -0.376 e. The van der Waals surface area contributed by atoms with Gasteiger partial charge in [0, 0.05) is 10.7 Å². The summed E-state index contributed by atoms with van der Waals surface area (Å²) in [5, 5.41) is 3.66. The van der Waals surface area contributed by atoms with Crippen molar-refractivity contribution < 1.29 is 9.59 Å². The third-order valence-electron chi connectivity index (χ3n) is 3.31. The van der Waals surface area contributed by atoms with Crippen LogP contribution in [0.25, 0.3) is 0 Å². The van der Waals surface area contributed by atoms with Crippen LogP contribution in [0.5, 0.6) is 0 Å². The molecule has 126 valence electrons. The topological polar surface area (TPSA) is 70.2 Å². The van der Waals surface area contributed by atoms with Gasteiger partial charge < -0.3 is 5.32 Å². The quantitative estimate of drug-likeness (QED) is 0.726. The molecule has 0 unspecified atom stereocenters. The average Bonchev–Trinajstić information content (AvgIpc) is 2.51. The summed E-state index contributed by atoms with van der Waals surface area (Å²) in [5.74, 6) is -0.898. The maximum Gasteiger partial charge on any atom is 0.271 e. The number of carbonyl (C=O) groups excluding carboxylic acids is 2. The van der Waals surface area contributed by atoms with E-state index in [0.29, 0.717) is 5.02 Å². The average molecular weight is 366 g/mol. The third kappa shape index (κ3) is 4.88. The Bertz CT molecular complexity index is 778. The van der Waals surface area contributed by atoms with Crippen molar-refractivity contribution in [3.63, 3.8) is 0 Å². The number of benzene rings is 2. The standard InChI is InChI=1S/C17H17Cl2N3O2/c1-10-3-6-15(11(2)7-10)20-9-16(23)21-22-17(24)13-5-4-12(18)8-14(13)19/h3-8,20H,9H2,1-2H3,(H,21,23)(H,22,24). The Kier molecular flexibility index (Phi) is 6.06. The van der Waals surface area contributed by atoms with E-state index < -0.39 is 5.91 Å². The summed E-state index contributed by atoms with van der Waals surface area (Å²) in [4.78, 5) is 23.8. The minimum atomic E-state index is -0.517. The molecule has 0 aliphatic carbocycles. The second-order valence-electron chi connectivity index (χ2n) is 5.30. The zero-order valence-electron chi connectivity index (χ0n) is 13.2. The summed E-state index contributed by atoms with van der Waals surface area (Å²) in [6.07, 6.45) is 0. The summed E-state index contributed by atoms with van der Waals surface area (Å²) in [7, 11) is 0. The van der Waals surface area contributed by atoms with Gasteiger partial charge in [0.25, 0.3) is 11.8 Å². The Morgan fingerprint density at radius 3 is 2.42 bits per heavy atom. The molecule has 0 bridgehead atoms. The van der Waals surface area contributed by atoms with Gasteiger partial charge in [0.05, 0.1) is 17.1 Å². The summed E-state index contributed by atoms with van der Waals surface area (Å²) >= 11 is 11.7. The highest BCUT2D eigenvalue weighted by atomic mass is 35.5. The lowest BCUT2D eigenvalue weighted by Gasteiger charge is -2.11. The number of carbonyl (C=O) groups is 2. The van der Waals surface area contributed by atoms with Gasteiger partial charge in [0.15, 0.2) is 0 Å². The van der Waals surface area contributed by atoms with Gasteiger partial charge in [0.1, 0.15) is 0 Å². The molecule has 2 aromatic rings. The molecule has 0 aromatic heterocycles. The van der Waals surface area contributed by atoms with Gasteiger partial charge in [-0.1, -0.05) is 40.9 Å². The van der Waals surface area contributed by atoms with Crippen molar-refractivity contribution in [2.24, 2.45) is 0 Å². The smallest absolute Gasteiger partial charge is 0.271 e. The van der Waals surface area contributed by atoms with Crippen molar-refractivity contribution >= 4 is 40.7 Å². The Morgan fingerprint density at radius 1 is 1.00 bits per heavy atom. The highest BCUT2D eigenvalue weighted by molar-refractivity contribution is 6.36. The lowest BCUT2D eigenvalue weighted by Crippen LogP contribution is -2.44. The number of amides is 2. The fourth-order valence-corrected chi connectivity index (χ4v) is 2.59. The fraction of sp³-hybridized carbons (Fsp3) is 0.176. The second-order valence-corrected chi connectivity index (χ2v) is 6.14. The van der Waals surface area contributed by atoms with E-state index in [1.165, 1.54) is 12.1 Å². The third-order valence-corrected chi connectivity index (χ3v) is 3.86. The highest BCUT2D eigenvalue weighted by Crippen LogP contribution is 2.20. The molecular formula is C17H17Cl2N3O2. The molecule has 2 rings (SSSR count). The van der Waals surface area contributed by atoms with Crippen LogP contribution in [0, 0.1) is 13.8 Å². The number of hydrogen-bond donors (Lipinski definition) is 3. The number of halogens is 2. The fourth-order valence-electron chi connectivity index (χ4n) is 2.10. The number of hydrogen-bond acceptors (Lipinski definition) is 3. The van der Waals surface area contributed by atoms with E-state index in [2.05, 4.69) is 16.2 Å². The van der Waals surface area contributed by atoms with Crippen molar-refractivity contribution in [2.45, 2.75) is 13.8 Å². The molecule has 7 heteroatoms. The monoisotopic (exact) mass is 365 g/mol. The number of hydrazine groups is 1. The van der Waals surface area contributed by atoms with E-state index >= 15 is 0 Å². The normalized spacial score (nSPS) is 10.2. The Morgan fingerprint density at radius 2 is 1.75 bits per heavy atom. The zero-order chi connectivity index (χ0) is 17.7. The molecule has 0 fully saturated rings. The van der Waals surface area contributed by atoms with Crippen LogP contribution in [0.15, 0.2) is 36.4 Å². The van der Waals surface area contributed by atoms with Crippen LogP contribution >= 0.6 is 23.2 Å². The molecule has 5 nitrogen and oxygen atoms in total. The van der Waals surface area contributed by atoms with Crippen molar-refractivity contribution in [3.05, 3.63) is 63.1 Å². The first kappa shape index (κ1) is 18.1. The second kappa shape index (κ2) is 8.04. The Labute approximate surface area is 150 Å². The van der Waals surface area contributed by atoms with Gasteiger partial charge in [-0.25, -0.2) is 0 Å². The van der Waals surface area contributed by atoms with Gasteiger partial charge in [-0.05, 0) is 43.7 Å². The van der Waals surface area contributed by atoms with E-state index in [4.69, 9.17) is 23.2 Å². The molecule has 2 aromatic carbocycles. The molecular weight excluding hydrogens is 349 g/mol. The van der Waals surface area contributed by atoms with Gasteiger partial charge >= 0.3 is 0 Å². The highest BCUT2D eigenvalue weighted by Gasteiger charge is 2.11. The largest absolute Gasteiger partial charge is 0.376 e. The predicted octanol–water partition coefficient (Wildman–Crippen LogP) is 3.48. The van der Waals surface area contributed by atoms with E-state index in [-0.39, 0.29) is 23.0 Å². The van der Waals surface area contributed by atoms with Gasteiger partial charge in [0.2, 0.25) is 0 Å². The maximum atomic E-state index is 12.0. The van der Waals surface area contributed by atoms with Crippen molar-refractivity contribution in [1.82, 2.24) is 10.9 Å². The lowest BCUT2D eigenvalue weighted by molar-refractivity contribution is -0.120. The van der Waals surface area contributed by atoms with E-state index in [1.807, 2.05) is 32.0 Å². The summed E-state index contributed by atoms with van der Waals surface area (Å²) in [6.45, 7) is 3.98. The van der Waals surface area contributed by atoms with Gasteiger partial charge in [-0.3, -0.25) is 20.4 Å². The van der Waals surface area contributed by atoms with Crippen LogP contribution < -0.4 is 16.2 Å². The first-order chi connectivity index (χ1) is 11.4. The molecule has 0 aliphatic heterocycles. The van der Waals surface area contributed by atoms with Gasteiger partial charge in [-0.15, -0.1) is 0 Å². The molecule has 3 N–H and O–H groups in total. The van der Waals surface area contributed by atoms with Crippen LogP contribution in [0.1, 0.15) is 21.5 Å². The SMILES string of the molecule is Cc1ccc(NCC(=O)NNC(=O)c2ccc(Cl)cc2Cl)c(C)c1. The zero-order valence-corrected chi connectivity index (χ0v) is 14.8. The number of nitrogens with one attached hydrogen (secondary N) is 3. The number of anilines is 1. The lowest BCUT2D eigenvalue weighted by atomic mass is 10.1.